The zero-order valence-corrected chi connectivity index (χ0v) is 51.6. The van der Waals surface area contributed by atoms with Crippen molar-refractivity contribution in [3.8, 4) is 16.2 Å². The number of amides is 8. The molecule has 87 heavy (non-hydrogen) atoms. The van der Waals surface area contributed by atoms with E-state index in [0.29, 0.717) is 36.8 Å². The summed E-state index contributed by atoms with van der Waals surface area (Å²) < 4.78 is 17.8. The van der Waals surface area contributed by atoms with Crippen LogP contribution < -0.4 is 31.7 Å². The van der Waals surface area contributed by atoms with Crippen LogP contribution >= 0.6 is 30.5 Å². The van der Waals surface area contributed by atoms with Gasteiger partial charge in [0.2, 0.25) is 41.4 Å². The zero-order chi connectivity index (χ0) is 63.2. The molecule has 0 aliphatic carbocycles. The van der Waals surface area contributed by atoms with E-state index < -0.39 is 108 Å². The first-order valence-corrected chi connectivity index (χ1v) is 31.6. The predicted octanol–water partition coefficient (Wildman–Crippen LogP) is 4.80. The first-order chi connectivity index (χ1) is 41.1. The summed E-state index contributed by atoms with van der Waals surface area (Å²) in [5.74, 6) is -4.02. The highest BCUT2D eigenvalue weighted by atomic mass is 35.5. The van der Waals surface area contributed by atoms with Crippen LogP contribution in [0.25, 0.3) is 21.3 Å². The molecule has 466 valence electrons. The van der Waals surface area contributed by atoms with Crippen LogP contribution in [0, 0.1) is 12.3 Å². The van der Waals surface area contributed by atoms with Gasteiger partial charge in [-0.05, 0) is 105 Å². The number of carbonyl (C=O) groups excluding carboxylic acids is 9. The number of H-pyrrole nitrogens is 1. The Balaban J connectivity index is 0.870. The first-order valence-electron chi connectivity index (χ1n) is 28.8. The molecular formula is C60H74ClN10O14PS. The van der Waals surface area contributed by atoms with Crippen LogP contribution in [0.4, 0.5) is 0 Å². The second kappa shape index (κ2) is 27.7. The van der Waals surface area contributed by atoms with Gasteiger partial charge in [-0.2, -0.15) is 0 Å². The van der Waals surface area contributed by atoms with E-state index in [1.54, 1.807) is 55.8 Å². The largest absolute Gasteiger partial charge is 0.490 e. The topological polar surface area (TPSA) is 353 Å². The quantitative estimate of drug-likeness (QED) is 0.0420. The Hall–Kier alpha value is -7.54. The van der Waals surface area contributed by atoms with Crippen molar-refractivity contribution in [3.63, 3.8) is 0 Å². The number of aliphatic hydroxyl groups excluding tert-OH is 1. The second-order valence-electron chi connectivity index (χ2n) is 23.6. The number of aryl methyl sites for hydroxylation is 2. The molecule has 3 aromatic carbocycles. The van der Waals surface area contributed by atoms with E-state index >= 15 is 0 Å². The molecule has 5 aromatic rings. The number of rotatable bonds is 22. The number of hydrogen-bond donors (Lipinski definition) is 9. The summed E-state index contributed by atoms with van der Waals surface area (Å²) in [5, 5.41) is 22.8. The van der Waals surface area contributed by atoms with Crippen LogP contribution in [0.5, 0.6) is 5.75 Å². The number of likely N-dealkylation sites (tertiary alicyclic amines) is 1. The van der Waals surface area contributed by atoms with Crippen LogP contribution in [0.2, 0.25) is 5.02 Å². The maximum absolute atomic E-state index is 14.6. The molecule has 3 saturated heterocycles. The molecule has 3 aliphatic rings. The minimum absolute atomic E-state index is 0.00177. The molecule has 27 heteroatoms. The van der Waals surface area contributed by atoms with Crippen molar-refractivity contribution in [1.82, 2.24) is 45.9 Å². The third-order valence-corrected chi connectivity index (χ3v) is 18.3. The lowest BCUT2D eigenvalue weighted by Gasteiger charge is -2.38. The Morgan fingerprint density at radius 1 is 0.931 bits per heavy atom. The minimum atomic E-state index is -5.10. The lowest BCUT2D eigenvalue weighted by atomic mass is 9.85. The monoisotopic (exact) mass is 1260 g/mol. The smallest absolute Gasteiger partial charge is 0.396 e. The minimum Gasteiger partial charge on any atom is -0.490 e. The number of primary amides is 1. The Kier molecular flexibility index (Phi) is 20.8. The van der Waals surface area contributed by atoms with Crippen molar-refractivity contribution in [2.75, 3.05) is 26.2 Å². The highest BCUT2D eigenvalue weighted by Crippen LogP contribution is 2.40. The second-order valence-corrected chi connectivity index (χ2v) is 26.3. The molecule has 0 saturated carbocycles. The number of ether oxygens (including phenoxy) is 1. The average Bonchev–Trinajstić information content (AvgIpc) is 2.34. The number of β-amino-alcohol motifs (C(OH)–C–C–N with tert-alkyl or cyclic N) is 1. The summed E-state index contributed by atoms with van der Waals surface area (Å²) in [4.78, 5) is 153. The lowest BCUT2D eigenvalue weighted by Crippen LogP contribution is -2.61. The SMILES string of the molecule is CC(=O)N1CC[C@H]2CC[C@@H](C(=O)N[C@@H](CCC(N)=O)COc3cccc(CCCC(=O)N[C@H](C(=O)N4C[C@H](O)C[C@H]4C(=O)N[C@@H](C)c4ccc(-c5scnc5C)cc4)C(C)(C)C)c3Cl)N2C(=O)C(NC(=O)c2cc3cc(C(=O)P(=O)(O)O)ccc3[nH]2)C1. The number of nitrogens with two attached hydrogens (primary N) is 1. The predicted molar refractivity (Wildman–Crippen MR) is 323 cm³/mol. The van der Waals surface area contributed by atoms with Crippen LogP contribution in [0.1, 0.15) is 130 Å². The summed E-state index contributed by atoms with van der Waals surface area (Å²) >= 11 is 8.46. The third-order valence-electron chi connectivity index (χ3n) is 16.1. The van der Waals surface area contributed by atoms with Crippen molar-refractivity contribution in [3.05, 3.63) is 105 Å². The van der Waals surface area contributed by atoms with Crippen molar-refractivity contribution < 1.29 is 67.3 Å². The van der Waals surface area contributed by atoms with Crippen LogP contribution in [0.3, 0.4) is 0 Å². The Morgan fingerprint density at radius 3 is 2.32 bits per heavy atom. The molecule has 1 unspecified atom stereocenters. The number of thiazole rings is 1. The molecule has 24 nitrogen and oxygen atoms in total. The number of nitrogens with one attached hydrogen (secondary N) is 5. The first kappa shape index (κ1) is 65.4. The van der Waals surface area contributed by atoms with Gasteiger partial charge in [0.05, 0.1) is 39.3 Å². The lowest BCUT2D eigenvalue weighted by molar-refractivity contribution is -0.145. The van der Waals surface area contributed by atoms with E-state index in [1.807, 2.05) is 38.1 Å². The van der Waals surface area contributed by atoms with E-state index in [4.69, 9.17) is 22.1 Å². The molecule has 0 radical (unpaired) electrons. The number of carbonyl (C=O) groups is 9. The van der Waals surface area contributed by atoms with Crippen LogP contribution in [-0.2, 0) is 44.5 Å². The molecule has 8 rings (SSSR count). The Bertz CT molecular complexity index is 3490. The number of aromatic nitrogens is 2. The number of nitrogens with zero attached hydrogens (tertiary/aromatic N) is 4. The van der Waals surface area contributed by atoms with Crippen molar-refractivity contribution in [2.45, 2.75) is 148 Å². The Labute approximate surface area is 511 Å². The molecule has 0 bridgehead atoms. The molecule has 10 N–H and O–H groups in total. The number of fused-ring (bicyclic) bond motifs is 2. The summed E-state index contributed by atoms with van der Waals surface area (Å²) in [6, 6.07) is 12.0. The fourth-order valence-electron chi connectivity index (χ4n) is 11.4. The van der Waals surface area contributed by atoms with Gasteiger partial charge in [-0.25, -0.2) is 4.98 Å². The van der Waals surface area contributed by atoms with Crippen LogP contribution in [-0.4, -0.2) is 161 Å². The summed E-state index contributed by atoms with van der Waals surface area (Å²) in [7, 11) is -5.10. The molecule has 5 heterocycles. The van der Waals surface area contributed by atoms with E-state index in [2.05, 4.69) is 31.2 Å². The number of aromatic amines is 1. The van der Waals surface area contributed by atoms with Gasteiger partial charge >= 0.3 is 7.60 Å². The standard InChI is InChI=1S/C60H74ClN10O14PS/c1-32(35-13-15-37(16-14-35)52-33(2)63-31-87-52)64-56(78)47-27-42(73)28-70(47)58(80)53(60(4,5)6)68-50(75)12-8-10-36-9-7-11-48(51(36)61)85-30-40(18-22-49(62)74)65-55(77)46-21-19-41-23-24-69(34(3)72)29-45(57(79)71(41)46)67-54(76)44-26-39-25-38(17-20-43(39)66-44)59(81)86(82,83)84/h7,9,11,13-17,20,25-26,31-32,40-42,45-47,53,66,73H,8,10,12,18-19,21-24,27-30H2,1-6H3,(H2,62,74)(H,64,78)(H,65,77)(H,67,76)(H,68,75)(H2,82,83,84)/t32-,40-,41+,42+,45?,46-,47-,53+/m0/s1. The van der Waals surface area contributed by atoms with Crippen LogP contribution in [0.15, 0.2) is 72.2 Å². The fraction of sp³-hybridized carbons (Fsp3) is 0.467. The van der Waals surface area contributed by atoms with Gasteiger partial charge in [-0.3, -0.25) is 47.7 Å². The van der Waals surface area contributed by atoms with Gasteiger partial charge in [0.25, 0.3) is 11.4 Å². The van der Waals surface area contributed by atoms with Crippen molar-refractivity contribution >= 4 is 94.2 Å². The molecule has 8 amide bonds. The number of hydrogen-bond acceptors (Lipinski definition) is 14. The van der Waals surface area contributed by atoms with E-state index in [9.17, 15) is 62.6 Å². The molecule has 3 aliphatic heterocycles. The number of benzene rings is 3. The highest BCUT2D eigenvalue weighted by Gasteiger charge is 2.47. The molecule has 0 spiro atoms. The normalized spacial score (nSPS) is 20.0. The average molecular weight is 1260 g/mol. The molecule has 3 fully saturated rings. The van der Waals surface area contributed by atoms with E-state index in [-0.39, 0.29) is 91.7 Å². The van der Waals surface area contributed by atoms with Gasteiger partial charge in [-0.15, -0.1) is 11.3 Å². The maximum atomic E-state index is 14.6. The van der Waals surface area contributed by atoms with Crippen molar-refractivity contribution in [1.29, 1.82) is 0 Å². The van der Waals surface area contributed by atoms with Gasteiger partial charge < -0.3 is 66.3 Å². The fourth-order valence-corrected chi connectivity index (χ4v) is 12.9. The van der Waals surface area contributed by atoms with E-state index in [0.717, 1.165) is 21.7 Å². The number of halogens is 1. The van der Waals surface area contributed by atoms with Gasteiger partial charge in [0, 0.05) is 68.3 Å². The maximum Gasteiger partial charge on any atom is 0.396 e. The molecule has 2 aromatic heterocycles. The van der Waals surface area contributed by atoms with E-state index in [1.165, 1.54) is 45.9 Å². The molecule has 8 atom stereocenters. The third kappa shape index (κ3) is 16.0. The highest BCUT2D eigenvalue weighted by molar-refractivity contribution is 7.70. The molecular weight excluding hydrogens is 1180 g/mol. The summed E-state index contributed by atoms with van der Waals surface area (Å²) in [5.41, 5.74) is 8.61. The summed E-state index contributed by atoms with van der Waals surface area (Å²) in [6.07, 6.45) is 0.592. The van der Waals surface area contributed by atoms with Gasteiger partial charge in [0.1, 0.15) is 42.2 Å². The van der Waals surface area contributed by atoms with Gasteiger partial charge in [0.15, 0.2) is 0 Å². The number of aliphatic hydroxyl groups is 1. The van der Waals surface area contributed by atoms with Gasteiger partial charge in [-0.1, -0.05) is 68.8 Å². The van der Waals surface area contributed by atoms with Crippen molar-refractivity contribution in [2.24, 2.45) is 11.1 Å². The zero-order valence-electron chi connectivity index (χ0n) is 49.2. The summed E-state index contributed by atoms with van der Waals surface area (Å²) in [6.45, 7) is 10.3. The Morgan fingerprint density at radius 2 is 1.66 bits per heavy atom.